The Hall–Kier alpha value is -1.00. The second kappa shape index (κ2) is 3.87. The standard InChI is InChI=1S/C8H8F3O3P/c1-15(12,13)14-7-4-2-3-6(5-7)8(9,10)11/h2-5H,1H3,(H,12,13). The number of hydrogen-bond donors (Lipinski definition) is 1. The molecule has 0 bridgehead atoms. The van der Waals surface area contributed by atoms with E-state index in [1.807, 2.05) is 0 Å². The summed E-state index contributed by atoms with van der Waals surface area (Å²) in [6.45, 7) is 0.896. The van der Waals surface area contributed by atoms with Crippen LogP contribution >= 0.6 is 7.60 Å². The first-order valence-corrected chi connectivity index (χ1v) is 5.88. The fourth-order valence-electron chi connectivity index (χ4n) is 0.925. The molecular formula is C8H8F3O3P. The molecule has 0 aliphatic carbocycles. The molecule has 0 aliphatic rings. The Balaban J connectivity index is 2.99. The van der Waals surface area contributed by atoms with Crippen molar-refractivity contribution in [3.8, 4) is 5.75 Å². The number of rotatable bonds is 2. The fourth-order valence-corrected chi connectivity index (χ4v) is 1.43. The summed E-state index contributed by atoms with van der Waals surface area (Å²) in [7, 11) is -3.83. The summed E-state index contributed by atoms with van der Waals surface area (Å²) in [5, 5.41) is 0. The Morgan fingerprint density at radius 1 is 1.40 bits per heavy atom. The van der Waals surface area contributed by atoms with Crippen molar-refractivity contribution in [2.24, 2.45) is 0 Å². The van der Waals surface area contributed by atoms with Crippen LogP contribution in [0.25, 0.3) is 0 Å². The van der Waals surface area contributed by atoms with Gasteiger partial charge in [-0.2, -0.15) is 13.2 Å². The van der Waals surface area contributed by atoms with Crippen LogP contribution in [0.2, 0.25) is 0 Å². The molecule has 0 heterocycles. The highest BCUT2D eigenvalue weighted by atomic mass is 31.2. The average Bonchev–Trinajstić information content (AvgIpc) is 1.99. The zero-order chi connectivity index (χ0) is 11.7. The van der Waals surface area contributed by atoms with E-state index in [9.17, 15) is 17.7 Å². The summed E-state index contributed by atoms with van der Waals surface area (Å²) in [5.41, 5.74) is -0.923. The van der Waals surface area contributed by atoms with E-state index >= 15 is 0 Å². The molecule has 84 valence electrons. The van der Waals surface area contributed by atoms with Gasteiger partial charge in [-0.1, -0.05) is 6.07 Å². The number of alkyl halides is 3. The maximum absolute atomic E-state index is 12.2. The molecule has 15 heavy (non-hydrogen) atoms. The number of benzene rings is 1. The third-order valence-corrected chi connectivity index (χ3v) is 1.99. The van der Waals surface area contributed by atoms with E-state index in [0.29, 0.717) is 6.07 Å². The van der Waals surface area contributed by atoms with Gasteiger partial charge in [-0.05, 0) is 18.2 Å². The molecule has 1 aromatic carbocycles. The molecule has 7 heteroatoms. The molecule has 0 fully saturated rings. The van der Waals surface area contributed by atoms with E-state index in [4.69, 9.17) is 4.89 Å². The largest absolute Gasteiger partial charge is 0.425 e. The monoisotopic (exact) mass is 240 g/mol. The van der Waals surface area contributed by atoms with Crippen molar-refractivity contribution in [3.05, 3.63) is 29.8 Å². The molecule has 1 atom stereocenters. The number of halogens is 3. The Bertz CT molecular complexity index is 396. The van der Waals surface area contributed by atoms with Crippen molar-refractivity contribution >= 4 is 7.60 Å². The highest BCUT2D eigenvalue weighted by Gasteiger charge is 2.30. The summed E-state index contributed by atoms with van der Waals surface area (Å²) in [5.74, 6) is -0.279. The van der Waals surface area contributed by atoms with Crippen LogP contribution < -0.4 is 4.52 Å². The van der Waals surface area contributed by atoms with Crippen molar-refractivity contribution in [2.45, 2.75) is 6.18 Å². The molecule has 1 rings (SSSR count). The molecule has 1 N–H and O–H groups in total. The second-order valence-corrected chi connectivity index (χ2v) is 4.71. The lowest BCUT2D eigenvalue weighted by Crippen LogP contribution is -2.04. The van der Waals surface area contributed by atoms with Crippen LogP contribution in [0.1, 0.15) is 5.56 Å². The topological polar surface area (TPSA) is 46.5 Å². The molecule has 0 spiro atoms. The molecule has 0 radical (unpaired) electrons. The Morgan fingerprint density at radius 3 is 2.47 bits per heavy atom. The van der Waals surface area contributed by atoms with Crippen LogP contribution in [0.3, 0.4) is 0 Å². The van der Waals surface area contributed by atoms with Gasteiger partial charge in [0.2, 0.25) is 0 Å². The van der Waals surface area contributed by atoms with E-state index < -0.39 is 19.3 Å². The van der Waals surface area contributed by atoms with Gasteiger partial charge in [0.1, 0.15) is 5.75 Å². The van der Waals surface area contributed by atoms with Crippen LogP contribution in [-0.2, 0) is 10.7 Å². The Labute approximate surface area is 84.0 Å². The SMILES string of the molecule is CP(=O)(O)Oc1cccc(C(F)(F)F)c1. The van der Waals surface area contributed by atoms with Gasteiger partial charge >= 0.3 is 13.8 Å². The van der Waals surface area contributed by atoms with E-state index in [1.54, 1.807) is 0 Å². The van der Waals surface area contributed by atoms with Crippen LogP contribution in [0.4, 0.5) is 13.2 Å². The maximum atomic E-state index is 12.2. The predicted molar refractivity (Wildman–Crippen MR) is 47.8 cm³/mol. The molecular weight excluding hydrogens is 232 g/mol. The molecule has 0 aromatic heterocycles. The van der Waals surface area contributed by atoms with E-state index in [0.717, 1.165) is 18.8 Å². The van der Waals surface area contributed by atoms with Gasteiger partial charge in [0.05, 0.1) is 5.56 Å². The first kappa shape index (κ1) is 12.1. The predicted octanol–water partition coefficient (Wildman–Crippen LogP) is 2.90. The summed E-state index contributed by atoms with van der Waals surface area (Å²) in [6, 6.07) is 3.81. The smallest absolute Gasteiger partial charge is 0.416 e. The van der Waals surface area contributed by atoms with Crippen LogP contribution in [0.5, 0.6) is 5.75 Å². The van der Waals surface area contributed by atoms with Gasteiger partial charge in [-0.15, -0.1) is 0 Å². The molecule has 1 unspecified atom stereocenters. The highest BCUT2D eigenvalue weighted by Crippen LogP contribution is 2.39. The molecule has 0 saturated carbocycles. The highest BCUT2D eigenvalue weighted by molar-refractivity contribution is 7.52. The van der Waals surface area contributed by atoms with Gasteiger partial charge < -0.3 is 9.42 Å². The molecule has 3 nitrogen and oxygen atoms in total. The first-order valence-electron chi connectivity index (χ1n) is 3.85. The van der Waals surface area contributed by atoms with Gasteiger partial charge in [0, 0.05) is 6.66 Å². The minimum Gasteiger partial charge on any atom is -0.425 e. The van der Waals surface area contributed by atoms with Crippen molar-refractivity contribution in [2.75, 3.05) is 6.66 Å². The zero-order valence-corrected chi connectivity index (χ0v) is 8.55. The summed E-state index contributed by atoms with van der Waals surface area (Å²) in [4.78, 5) is 8.82. The van der Waals surface area contributed by atoms with Gasteiger partial charge in [-0.3, -0.25) is 0 Å². The van der Waals surface area contributed by atoms with Crippen molar-refractivity contribution in [1.29, 1.82) is 0 Å². The minimum atomic E-state index is -4.49. The van der Waals surface area contributed by atoms with Crippen molar-refractivity contribution in [1.82, 2.24) is 0 Å². The Morgan fingerprint density at radius 2 is 2.00 bits per heavy atom. The molecule has 0 saturated heterocycles. The van der Waals surface area contributed by atoms with E-state index in [1.165, 1.54) is 6.07 Å². The lowest BCUT2D eigenvalue weighted by atomic mass is 10.2. The van der Waals surface area contributed by atoms with Crippen molar-refractivity contribution < 1.29 is 27.2 Å². The molecule has 1 aromatic rings. The second-order valence-electron chi connectivity index (χ2n) is 2.92. The fraction of sp³-hybridized carbons (Fsp3) is 0.250. The van der Waals surface area contributed by atoms with Crippen LogP contribution in [-0.4, -0.2) is 11.6 Å². The molecule has 0 amide bonds. The lowest BCUT2D eigenvalue weighted by molar-refractivity contribution is -0.137. The molecule has 0 aliphatic heterocycles. The van der Waals surface area contributed by atoms with Gasteiger partial charge in [0.25, 0.3) is 0 Å². The zero-order valence-electron chi connectivity index (χ0n) is 7.65. The quantitative estimate of drug-likeness (QED) is 0.808. The lowest BCUT2D eigenvalue weighted by Gasteiger charge is -2.11. The summed E-state index contributed by atoms with van der Waals surface area (Å²) < 4.78 is 51.9. The van der Waals surface area contributed by atoms with Gasteiger partial charge in [-0.25, -0.2) is 4.57 Å². The summed E-state index contributed by atoms with van der Waals surface area (Å²) >= 11 is 0. The average molecular weight is 240 g/mol. The van der Waals surface area contributed by atoms with Crippen LogP contribution in [0.15, 0.2) is 24.3 Å². The van der Waals surface area contributed by atoms with Crippen LogP contribution in [0, 0.1) is 0 Å². The van der Waals surface area contributed by atoms with Crippen molar-refractivity contribution in [3.63, 3.8) is 0 Å². The third-order valence-electron chi connectivity index (χ3n) is 1.44. The third kappa shape index (κ3) is 3.93. The first-order chi connectivity index (χ1) is 6.68. The number of hydrogen-bond acceptors (Lipinski definition) is 2. The minimum absolute atomic E-state index is 0.279. The summed E-state index contributed by atoms with van der Waals surface area (Å²) in [6.07, 6.45) is -4.49. The van der Waals surface area contributed by atoms with E-state index in [-0.39, 0.29) is 5.75 Å². The van der Waals surface area contributed by atoms with Gasteiger partial charge in [0.15, 0.2) is 0 Å². The maximum Gasteiger partial charge on any atom is 0.416 e. The van der Waals surface area contributed by atoms with E-state index in [2.05, 4.69) is 4.52 Å². The Kier molecular flexibility index (Phi) is 3.11. The normalized spacial score (nSPS) is 15.8.